The summed E-state index contributed by atoms with van der Waals surface area (Å²) in [5.74, 6) is 0. The topological polar surface area (TPSA) is 58.4 Å². The number of rotatable bonds is 6. The van der Waals surface area contributed by atoms with Crippen molar-refractivity contribution in [1.82, 2.24) is 15.0 Å². The molecular weight excluding hydrogens is 378 g/mol. The van der Waals surface area contributed by atoms with Gasteiger partial charge in [0.25, 0.3) is 6.29 Å². The first-order chi connectivity index (χ1) is 10.9. The number of hydrogen-bond acceptors (Lipinski definition) is 5. The second kappa shape index (κ2) is 6.62. The molecule has 0 saturated carbocycles. The third-order valence-corrected chi connectivity index (χ3v) is 5.69. The number of benzene rings is 1. The molecule has 23 heavy (non-hydrogen) atoms. The van der Waals surface area contributed by atoms with Crippen LogP contribution in [0.3, 0.4) is 0 Å². The Hall–Kier alpha value is -1.38. The predicted molar refractivity (Wildman–Crippen MR) is 93.4 cm³/mol. The second-order valence-corrected chi connectivity index (χ2v) is 13.2. The molecule has 1 aliphatic heterocycles. The van der Waals surface area contributed by atoms with Crippen molar-refractivity contribution in [2.45, 2.75) is 38.7 Å². The molecule has 0 amide bonds. The first-order valence-electron chi connectivity index (χ1n) is 7.50. The van der Waals surface area contributed by atoms with Crippen molar-refractivity contribution < 1.29 is 14.2 Å². The van der Waals surface area contributed by atoms with Crippen LogP contribution in [0.4, 0.5) is 0 Å². The van der Waals surface area contributed by atoms with E-state index >= 15 is 0 Å². The van der Waals surface area contributed by atoms with Gasteiger partial charge in [0, 0.05) is 19.2 Å². The number of fused-ring (bicyclic) bond motifs is 1. The number of hydrogen-bond donors (Lipinski definition) is 0. The lowest BCUT2D eigenvalue weighted by Crippen LogP contribution is -2.22. The van der Waals surface area contributed by atoms with E-state index in [4.69, 9.17) is 14.2 Å². The lowest BCUT2D eigenvalue weighted by molar-refractivity contribution is -0.0240. The Morgan fingerprint density at radius 3 is 2.70 bits per heavy atom. The van der Waals surface area contributed by atoms with Crippen LogP contribution in [0.25, 0.3) is 11.0 Å². The minimum absolute atomic E-state index is 0.371. The summed E-state index contributed by atoms with van der Waals surface area (Å²) in [7, 11) is -1.10. The summed E-state index contributed by atoms with van der Waals surface area (Å²) in [6, 6.07) is 5.01. The molecule has 1 aromatic carbocycles. The van der Waals surface area contributed by atoms with Gasteiger partial charge in [0.05, 0.1) is 5.56 Å². The van der Waals surface area contributed by atoms with E-state index in [1.807, 2.05) is 12.1 Å². The fraction of sp³-hybridized carbons (Fsp3) is 0.467. The summed E-state index contributed by atoms with van der Waals surface area (Å²) in [5, 5.41) is 8.42. The van der Waals surface area contributed by atoms with E-state index in [0.29, 0.717) is 6.73 Å². The Bertz CT molecular complexity index is 719. The zero-order valence-corrected chi connectivity index (χ0v) is 16.0. The maximum Gasteiger partial charge on any atom is 0.268 e. The summed E-state index contributed by atoms with van der Waals surface area (Å²) in [5.41, 5.74) is 2.52. The van der Waals surface area contributed by atoms with Crippen LogP contribution >= 0.6 is 15.9 Å². The third-order valence-electron chi connectivity index (χ3n) is 3.53. The van der Waals surface area contributed by atoms with E-state index in [9.17, 15) is 0 Å². The average molecular weight is 398 g/mol. The van der Waals surface area contributed by atoms with Crippen LogP contribution in [0, 0.1) is 0 Å². The van der Waals surface area contributed by atoms with Gasteiger partial charge in [-0.1, -0.05) is 40.8 Å². The fourth-order valence-corrected chi connectivity index (χ4v) is 3.51. The average Bonchev–Trinajstić information content (AvgIpc) is 3.11. The predicted octanol–water partition coefficient (Wildman–Crippen LogP) is 4.02. The van der Waals surface area contributed by atoms with Crippen LogP contribution < -0.4 is 0 Å². The molecule has 1 aromatic heterocycles. The zero-order valence-electron chi connectivity index (χ0n) is 13.5. The molecule has 0 aliphatic carbocycles. The third kappa shape index (κ3) is 3.93. The first-order valence-corrected chi connectivity index (χ1v) is 12.0. The molecule has 0 atom stereocenters. The molecule has 0 unspecified atom stereocenters. The maximum atomic E-state index is 5.80. The molecule has 3 rings (SSSR count). The van der Waals surface area contributed by atoms with E-state index in [0.717, 1.165) is 33.7 Å². The lowest BCUT2D eigenvalue weighted by atomic mass is 10.1. The molecule has 0 fully saturated rings. The Kier molecular flexibility index (Phi) is 4.74. The van der Waals surface area contributed by atoms with Crippen molar-refractivity contribution in [3.05, 3.63) is 34.7 Å². The van der Waals surface area contributed by atoms with Gasteiger partial charge < -0.3 is 14.2 Å². The van der Waals surface area contributed by atoms with Gasteiger partial charge >= 0.3 is 0 Å². The van der Waals surface area contributed by atoms with E-state index < -0.39 is 14.4 Å². The van der Waals surface area contributed by atoms with Crippen LogP contribution in [-0.2, 0) is 20.9 Å². The molecule has 2 aromatic rings. The highest BCUT2D eigenvalue weighted by Crippen LogP contribution is 2.32. The Morgan fingerprint density at radius 2 is 2.00 bits per heavy atom. The van der Waals surface area contributed by atoms with Crippen LogP contribution in [0.1, 0.15) is 11.9 Å². The molecule has 0 N–H and O–H groups in total. The molecule has 0 radical (unpaired) electrons. The fourth-order valence-electron chi connectivity index (χ4n) is 2.29. The molecule has 0 spiro atoms. The first kappa shape index (κ1) is 16.5. The van der Waals surface area contributed by atoms with Gasteiger partial charge in [-0.25, -0.2) is 4.68 Å². The minimum Gasteiger partial charge on any atom is -0.455 e. The van der Waals surface area contributed by atoms with Crippen molar-refractivity contribution in [2.75, 3.05) is 6.61 Å². The Labute approximate surface area is 144 Å². The van der Waals surface area contributed by atoms with Gasteiger partial charge in [-0.05, 0) is 18.2 Å². The molecule has 8 heteroatoms. The van der Waals surface area contributed by atoms with Crippen molar-refractivity contribution in [3.63, 3.8) is 0 Å². The van der Waals surface area contributed by atoms with Crippen molar-refractivity contribution >= 4 is 35.0 Å². The SMILES string of the molecule is C[Si](C)(C)CCOCn1nnc2cc(Br)cc(C3OC=CO3)c21. The van der Waals surface area contributed by atoms with E-state index in [-0.39, 0.29) is 0 Å². The van der Waals surface area contributed by atoms with Gasteiger partial charge in [-0.3, -0.25) is 0 Å². The van der Waals surface area contributed by atoms with Gasteiger partial charge in [0.2, 0.25) is 0 Å². The second-order valence-electron chi connectivity index (χ2n) is 6.68. The number of halogens is 1. The summed E-state index contributed by atoms with van der Waals surface area (Å²) in [6.07, 6.45) is 2.60. The monoisotopic (exact) mass is 397 g/mol. The zero-order chi connectivity index (χ0) is 16.4. The van der Waals surface area contributed by atoms with Crippen molar-refractivity contribution in [1.29, 1.82) is 0 Å². The van der Waals surface area contributed by atoms with Crippen LogP contribution in [0.2, 0.25) is 25.7 Å². The van der Waals surface area contributed by atoms with Crippen LogP contribution in [-0.4, -0.2) is 29.7 Å². The molecule has 6 nitrogen and oxygen atoms in total. The molecule has 124 valence electrons. The van der Waals surface area contributed by atoms with Crippen molar-refractivity contribution in [2.24, 2.45) is 0 Å². The number of ether oxygens (including phenoxy) is 3. The highest BCUT2D eigenvalue weighted by molar-refractivity contribution is 9.10. The minimum atomic E-state index is -1.10. The lowest BCUT2D eigenvalue weighted by Gasteiger charge is -2.16. The summed E-state index contributed by atoms with van der Waals surface area (Å²) >= 11 is 3.49. The van der Waals surface area contributed by atoms with Gasteiger partial charge in [0.1, 0.15) is 30.3 Å². The van der Waals surface area contributed by atoms with Crippen molar-refractivity contribution in [3.8, 4) is 0 Å². The summed E-state index contributed by atoms with van der Waals surface area (Å²) in [4.78, 5) is 0. The largest absolute Gasteiger partial charge is 0.455 e. The molecule has 0 bridgehead atoms. The molecule has 2 heterocycles. The number of aromatic nitrogens is 3. The van der Waals surface area contributed by atoms with Gasteiger partial charge in [-0.2, -0.15) is 0 Å². The van der Waals surface area contributed by atoms with Gasteiger partial charge in [-0.15, -0.1) is 5.10 Å². The summed E-state index contributed by atoms with van der Waals surface area (Å²) < 4.78 is 19.4. The Morgan fingerprint density at radius 1 is 1.26 bits per heavy atom. The van der Waals surface area contributed by atoms with Gasteiger partial charge in [0.15, 0.2) is 0 Å². The highest BCUT2D eigenvalue weighted by atomic mass is 79.9. The molecular formula is C15H20BrN3O3Si. The Balaban J connectivity index is 1.81. The standard InChI is InChI=1S/C15H20BrN3O3Si/c1-23(2,3)7-6-20-10-19-14-12(15-21-4-5-22-15)8-11(16)9-13(14)17-18-19/h4-5,8-9,15H,6-7,10H2,1-3H3. The normalized spacial score (nSPS) is 15.1. The quantitative estimate of drug-likeness (QED) is 0.543. The van der Waals surface area contributed by atoms with E-state index in [1.54, 1.807) is 4.68 Å². The van der Waals surface area contributed by atoms with Crippen LogP contribution in [0.5, 0.6) is 0 Å². The summed E-state index contributed by atoms with van der Waals surface area (Å²) in [6.45, 7) is 8.10. The molecule has 0 saturated heterocycles. The van der Waals surface area contributed by atoms with E-state index in [1.165, 1.54) is 12.5 Å². The smallest absolute Gasteiger partial charge is 0.268 e. The van der Waals surface area contributed by atoms with Crippen LogP contribution in [0.15, 0.2) is 29.1 Å². The van der Waals surface area contributed by atoms with E-state index in [2.05, 4.69) is 45.9 Å². The maximum absolute atomic E-state index is 5.80. The number of nitrogens with zero attached hydrogens (tertiary/aromatic N) is 3. The highest BCUT2D eigenvalue weighted by Gasteiger charge is 2.23. The molecule has 1 aliphatic rings.